The lowest BCUT2D eigenvalue weighted by molar-refractivity contribution is 0.304. The smallest absolute Gasteiger partial charge is 0.144 e. The molecule has 17 heavy (non-hydrogen) atoms. The fraction of sp³-hybridized carbons (Fsp3) is 0.923. The van der Waals surface area contributed by atoms with Gasteiger partial charge in [0.1, 0.15) is 5.84 Å². The van der Waals surface area contributed by atoms with E-state index in [1.807, 2.05) is 13.8 Å². The normalized spacial score (nSPS) is 13.4. The zero-order chi connectivity index (χ0) is 13.3. The van der Waals surface area contributed by atoms with E-state index in [2.05, 4.69) is 24.3 Å². The third kappa shape index (κ3) is 6.51. The first-order chi connectivity index (χ1) is 7.97. The van der Waals surface area contributed by atoms with Crippen molar-refractivity contribution in [2.75, 3.05) is 13.1 Å². The summed E-state index contributed by atoms with van der Waals surface area (Å²) in [6, 6.07) is 0. The molecule has 0 saturated heterocycles. The fourth-order valence-electron chi connectivity index (χ4n) is 1.80. The molecule has 0 aromatic rings. The van der Waals surface area contributed by atoms with Crippen LogP contribution in [0.5, 0.6) is 0 Å². The molecule has 4 N–H and O–H groups in total. The van der Waals surface area contributed by atoms with Crippen LogP contribution >= 0.6 is 0 Å². The van der Waals surface area contributed by atoms with Crippen LogP contribution in [-0.4, -0.2) is 24.1 Å². The molecule has 0 fully saturated rings. The second-order valence-corrected chi connectivity index (χ2v) is 5.36. The van der Waals surface area contributed by atoms with Crippen LogP contribution in [0.3, 0.4) is 0 Å². The summed E-state index contributed by atoms with van der Waals surface area (Å²) in [7, 11) is 0. The molecule has 0 atom stereocenters. The molecule has 0 amide bonds. The van der Waals surface area contributed by atoms with Gasteiger partial charge in [-0.3, -0.25) is 0 Å². The molecule has 0 bridgehead atoms. The summed E-state index contributed by atoms with van der Waals surface area (Å²) in [6.07, 6.45) is 4.44. The lowest BCUT2D eigenvalue weighted by atomic mass is 9.86. The van der Waals surface area contributed by atoms with E-state index in [1.165, 1.54) is 12.8 Å². The molecule has 0 radical (unpaired) electrons. The number of nitrogens with two attached hydrogens (primary N) is 1. The van der Waals surface area contributed by atoms with Crippen LogP contribution in [0.1, 0.15) is 53.4 Å². The number of amidine groups is 1. The van der Waals surface area contributed by atoms with Crippen LogP contribution in [0.15, 0.2) is 5.16 Å². The quantitative estimate of drug-likeness (QED) is 0.192. The van der Waals surface area contributed by atoms with Gasteiger partial charge in [0.25, 0.3) is 0 Å². The molecule has 102 valence electrons. The average Bonchev–Trinajstić information content (AvgIpc) is 2.32. The standard InChI is InChI=1S/C13H29N3O/c1-5-11(6-2)10-15-9-7-8-13(3,4)12(14)16-17/h11,15,17H,5-10H2,1-4H3,(H2,14,16). The van der Waals surface area contributed by atoms with Crippen LogP contribution in [-0.2, 0) is 0 Å². The van der Waals surface area contributed by atoms with Crippen molar-refractivity contribution in [3.05, 3.63) is 0 Å². The minimum atomic E-state index is -0.217. The number of hydrogen-bond donors (Lipinski definition) is 3. The molecule has 0 unspecified atom stereocenters. The molecule has 4 heteroatoms. The third-order valence-electron chi connectivity index (χ3n) is 3.54. The largest absolute Gasteiger partial charge is 0.409 e. The molecular formula is C13H29N3O. The van der Waals surface area contributed by atoms with E-state index in [0.29, 0.717) is 5.84 Å². The van der Waals surface area contributed by atoms with Crippen molar-refractivity contribution in [2.45, 2.75) is 53.4 Å². The highest BCUT2D eigenvalue weighted by molar-refractivity contribution is 5.85. The van der Waals surface area contributed by atoms with Crippen LogP contribution < -0.4 is 11.1 Å². The van der Waals surface area contributed by atoms with Gasteiger partial charge >= 0.3 is 0 Å². The summed E-state index contributed by atoms with van der Waals surface area (Å²) in [5, 5.41) is 15.2. The van der Waals surface area contributed by atoms with Crippen molar-refractivity contribution >= 4 is 5.84 Å². The molecule has 0 saturated carbocycles. The molecule has 0 aliphatic carbocycles. The van der Waals surface area contributed by atoms with Crippen LogP contribution in [0.2, 0.25) is 0 Å². The van der Waals surface area contributed by atoms with E-state index < -0.39 is 0 Å². The van der Waals surface area contributed by atoms with Gasteiger partial charge in [0.2, 0.25) is 0 Å². The van der Waals surface area contributed by atoms with Gasteiger partial charge in [0.15, 0.2) is 0 Å². The Balaban J connectivity index is 3.71. The monoisotopic (exact) mass is 243 g/mol. The zero-order valence-corrected chi connectivity index (χ0v) is 11.8. The van der Waals surface area contributed by atoms with Crippen LogP contribution in [0, 0.1) is 11.3 Å². The van der Waals surface area contributed by atoms with Crippen molar-refractivity contribution in [1.29, 1.82) is 0 Å². The number of nitrogens with zero attached hydrogens (tertiary/aromatic N) is 1. The summed E-state index contributed by atoms with van der Waals surface area (Å²) in [5.41, 5.74) is 5.42. The Labute approximate surface area is 106 Å². The van der Waals surface area contributed by atoms with E-state index in [0.717, 1.165) is 31.8 Å². The summed E-state index contributed by atoms with van der Waals surface area (Å²) >= 11 is 0. The highest BCUT2D eigenvalue weighted by Gasteiger charge is 2.22. The van der Waals surface area contributed by atoms with E-state index in [4.69, 9.17) is 10.9 Å². The molecule has 0 heterocycles. The second kappa shape index (κ2) is 8.34. The molecule has 0 aliphatic heterocycles. The molecule has 0 rings (SSSR count). The second-order valence-electron chi connectivity index (χ2n) is 5.36. The third-order valence-corrected chi connectivity index (χ3v) is 3.54. The topological polar surface area (TPSA) is 70.6 Å². The van der Waals surface area contributed by atoms with Crippen LogP contribution in [0.4, 0.5) is 0 Å². The number of hydrogen-bond acceptors (Lipinski definition) is 3. The van der Waals surface area contributed by atoms with Gasteiger partial charge in [-0.25, -0.2) is 0 Å². The number of rotatable bonds is 9. The molecule has 0 spiro atoms. The van der Waals surface area contributed by atoms with Crippen molar-refractivity contribution in [1.82, 2.24) is 5.32 Å². The van der Waals surface area contributed by atoms with Crippen molar-refractivity contribution in [2.24, 2.45) is 22.2 Å². The predicted octanol–water partition coefficient (Wildman–Crippen LogP) is 2.56. The Morgan fingerprint density at radius 3 is 2.41 bits per heavy atom. The Hall–Kier alpha value is -0.770. The maximum Gasteiger partial charge on any atom is 0.144 e. The van der Waals surface area contributed by atoms with Gasteiger partial charge in [-0.05, 0) is 31.8 Å². The molecular weight excluding hydrogens is 214 g/mol. The molecule has 0 aromatic carbocycles. The SMILES string of the molecule is CCC(CC)CNCCCC(C)(C)C(N)=NO. The summed E-state index contributed by atoms with van der Waals surface area (Å²) < 4.78 is 0. The van der Waals surface area contributed by atoms with Crippen molar-refractivity contribution in [3.63, 3.8) is 0 Å². The Bertz CT molecular complexity index is 223. The van der Waals surface area contributed by atoms with Gasteiger partial charge in [0.05, 0.1) is 0 Å². The number of nitrogens with one attached hydrogen (secondary N) is 1. The Kier molecular flexibility index (Phi) is 7.96. The number of oxime groups is 1. The zero-order valence-electron chi connectivity index (χ0n) is 11.8. The molecule has 4 nitrogen and oxygen atoms in total. The van der Waals surface area contributed by atoms with Gasteiger partial charge < -0.3 is 16.3 Å². The lowest BCUT2D eigenvalue weighted by Gasteiger charge is -2.23. The van der Waals surface area contributed by atoms with Crippen LogP contribution in [0.25, 0.3) is 0 Å². The first-order valence-corrected chi connectivity index (χ1v) is 6.66. The summed E-state index contributed by atoms with van der Waals surface area (Å²) in [4.78, 5) is 0. The first-order valence-electron chi connectivity index (χ1n) is 6.66. The lowest BCUT2D eigenvalue weighted by Crippen LogP contribution is -2.33. The van der Waals surface area contributed by atoms with E-state index >= 15 is 0 Å². The molecule has 0 aliphatic rings. The van der Waals surface area contributed by atoms with Gasteiger partial charge in [-0.1, -0.05) is 45.7 Å². The fourth-order valence-corrected chi connectivity index (χ4v) is 1.80. The highest BCUT2D eigenvalue weighted by Crippen LogP contribution is 2.21. The summed E-state index contributed by atoms with van der Waals surface area (Å²) in [6.45, 7) is 10.6. The van der Waals surface area contributed by atoms with E-state index in [9.17, 15) is 0 Å². The summed E-state index contributed by atoms with van der Waals surface area (Å²) in [5.74, 6) is 1.10. The first kappa shape index (κ1) is 16.2. The van der Waals surface area contributed by atoms with E-state index in [-0.39, 0.29) is 5.41 Å². The van der Waals surface area contributed by atoms with Gasteiger partial charge in [0, 0.05) is 5.41 Å². The van der Waals surface area contributed by atoms with Crippen molar-refractivity contribution < 1.29 is 5.21 Å². The van der Waals surface area contributed by atoms with E-state index in [1.54, 1.807) is 0 Å². The van der Waals surface area contributed by atoms with Crippen molar-refractivity contribution in [3.8, 4) is 0 Å². The Morgan fingerprint density at radius 1 is 1.35 bits per heavy atom. The molecule has 0 aromatic heterocycles. The maximum absolute atomic E-state index is 8.66. The average molecular weight is 243 g/mol. The maximum atomic E-state index is 8.66. The van der Waals surface area contributed by atoms with Gasteiger partial charge in [-0.15, -0.1) is 0 Å². The van der Waals surface area contributed by atoms with Gasteiger partial charge in [-0.2, -0.15) is 0 Å². The Morgan fingerprint density at radius 2 is 1.94 bits per heavy atom. The highest BCUT2D eigenvalue weighted by atomic mass is 16.4. The minimum absolute atomic E-state index is 0.217. The minimum Gasteiger partial charge on any atom is -0.409 e. The predicted molar refractivity (Wildman–Crippen MR) is 73.4 cm³/mol.